The van der Waals surface area contributed by atoms with Gasteiger partial charge in [0.2, 0.25) is 0 Å². The summed E-state index contributed by atoms with van der Waals surface area (Å²) in [6, 6.07) is 0. The first-order chi connectivity index (χ1) is 9.04. The van der Waals surface area contributed by atoms with Crippen LogP contribution in [-0.4, -0.2) is 9.55 Å². The number of imidazole rings is 1. The smallest absolute Gasteiger partial charge is 0.331 e. The van der Waals surface area contributed by atoms with Crippen molar-refractivity contribution in [3.05, 3.63) is 17.2 Å². The maximum Gasteiger partial charge on any atom is 0.435 e. The van der Waals surface area contributed by atoms with E-state index in [9.17, 15) is 13.2 Å². The first-order valence-corrected chi connectivity index (χ1v) is 7.19. The van der Waals surface area contributed by atoms with Crippen molar-refractivity contribution in [1.82, 2.24) is 9.55 Å². The van der Waals surface area contributed by atoms with Gasteiger partial charge in [0.1, 0.15) is 5.82 Å². The Kier molecular flexibility index (Phi) is 7.79. The minimum atomic E-state index is -4.31. The Bertz CT molecular complexity index is 368. The van der Waals surface area contributed by atoms with Gasteiger partial charge in [0, 0.05) is 18.7 Å². The molecule has 0 radical (unpaired) electrons. The molecule has 0 N–H and O–H groups in total. The molecule has 1 aliphatic rings. The van der Waals surface area contributed by atoms with E-state index in [1.165, 1.54) is 0 Å². The van der Waals surface area contributed by atoms with E-state index >= 15 is 0 Å². The summed E-state index contributed by atoms with van der Waals surface area (Å²) in [6.07, 6.45) is -1.36. The third kappa shape index (κ3) is 4.25. The Morgan fingerprint density at radius 1 is 1.11 bits per heavy atom. The van der Waals surface area contributed by atoms with Crippen molar-refractivity contribution in [2.24, 2.45) is 0 Å². The number of halogens is 3. The van der Waals surface area contributed by atoms with Crippen LogP contribution in [0.2, 0.25) is 0 Å². The molecule has 2 rings (SSSR count). The summed E-state index contributed by atoms with van der Waals surface area (Å²) in [6.45, 7) is 10.4. The van der Waals surface area contributed by atoms with Gasteiger partial charge >= 0.3 is 6.18 Å². The van der Waals surface area contributed by atoms with Crippen molar-refractivity contribution in [1.29, 1.82) is 0 Å². The zero-order chi connectivity index (χ0) is 15.1. The van der Waals surface area contributed by atoms with Crippen LogP contribution in [0, 0.1) is 0 Å². The molecule has 5 heteroatoms. The van der Waals surface area contributed by atoms with E-state index in [0.29, 0.717) is 30.9 Å². The lowest BCUT2D eigenvalue weighted by atomic mass is 10.1. The average molecular weight is 278 g/mol. The molecule has 0 unspecified atom stereocenters. The van der Waals surface area contributed by atoms with E-state index in [1.807, 2.05) is 27.7 Å². The number of nitrogens with zero attached hydrogens (tertiary/aromatic N) is 2. The van der Waals surface area contributed by atoms with Gasteiger partial charge in [-0.1, -0.05) is 34.6 Å². The van der Waals surface area contributed by atoms with Crippen LogP contribution >= 0.6 is 0 Å². The van der Waals surface area contributed by atoms with Crippen LogP contribution in [0.25, 0.3) is 0 Å². The fourth-order valence-corrected chi connectivity index (χ4v) is 2.13. The predicted octanol–water partition coefficient (Wildman–Crippen LogP) is 4.85. The molecule has 0 saturated heterocycles. The second kappa shape index (κ2) is 8.23. The SMILES string of the molecule is CC.CC.CCc1c(C(F)(F)F)nc2n1CCCC2. The molecular formula is C14H25F3N2. The fraction of sp³-hybridized carbons (Fsp3) is 0.786. The lowest BCUT2D eigenvalue weighted by Crippen LogP contribution is -2.14. The number of fused-ring (bicyclic) bond motifs is 1. The van der Waals surface area contributed by atoms with Crippen LogP contribution in [0.1, 0.15) is 64.7 Å². The Morgan fingerprint density at radius 2 is 1.68 bits per heavy atom. The first kappa shape index (κ1) is 18.0. The van der Waals surface area contributed by atoms with Crippen LogP contribution in [0.4, 0.5) is 13.2 Å². The molecule has 0 fully saturated rings. The van der Waals surface area contributed by atoms with E-state index in [2.05, 4.69) is 4.98 Å². The quantitative estimate of drug-likeness (QED) is 0.717. The predicted molar refractivity (Wildman–Crippen MR) is 72.2 cm³/mol. The summed E-state index contributed by atoms with van der Waals surface area (Å²) in [5.41, 5.74) is -0.334. The number of alkyl halides is 3. The van der Waals surface area contributed by atoms with Crippen LogP contribution < -0.4 is 0 Å². The van der Waals surface area contributed by atoms with Crippen LogP contribution in [-0.2, 0) is 25.6 Å². The second-order valence-electron chi connectivity index (χ2n) is 3.78. The Hall–Kier alpha value is -1.00. The first-order valence-electron chi connectivity index (χ1n) is 7.19. The Balaban J connectivity index is 0.000000741. The van der Waals surface area contributed by atoms with Crippen LogP contribution in [0.5, 0.6) is 0 Å². The lowest BCUT2D eigenvalue weighted by molar-refractivity contribution is -0.141. The van der Waals surface area contributed by atoms with E-state index in [0.717, 1.165) is 12.8 Å². The van der Waals surface area contributed by atoms with Gasteiger partial charge in [-0.25, -0.2) is 4.98 Å². The van der Waals surface area contributed by atoms with E-state index in [-0.39, 0.29) is 0 Å². The van der Waals surface area contributed by atoms with Gasteiger partial charge in [0.15, 0.2) is 5.69 Å². The maximum absolute atomic E-state index is 12.6. The number of hydrogen-bond donors (Lipinski definition) is 0. The minimum Gasteiger partial charge on any atom is -0.331 e. The van der Waals surface area contributed by atoms with Gasteiger partial charge in [0.05, 0.1) is 0 Å². The fourth-order valence-electron chi connectivity index (χ4n) is 2.13. The van der Waals surface area contributed by atoms with E-state index in [4.69, 9.17) is 0 Å². The third-order valence-corrected chi connectivity index (χ3v) is 2.79. The zero-order valence-corrected chi connectivity index (χ0v) is 12.6. The molecule has 2 heterocycles. The molecule has 112 valence electrons. The highest BCUT2D eigenvalue weighted by Crippen LogP contribution is 2.33. The van der Waals surface area contributed by atoms with Crippen molar-refractivity contribution in [2.45, 2.75) is 73.0 Å². The topological polar surface area (TPSA) is 17.8 Å². The van der Waals surface area contributed by atoms with E-state index in [1.54, 1.807) is 11.5 Å². The molecule has 1 aromatic heterocycles. The molecule has 19 heavy (non-hydrogen) atoms. The van der Waals surface area contributed by atoms with Crippen molar-refractivity contribution >= 4 is 0 Å². The molecule has 0 aliphatic carbocycles. The minimum absolute atomic E-state index is 0.345. The molecule has 1 aliphatic heterocycles. The summed E-state index contributed by atoms with van der Waals surface area (Å²) >= 11 is 0. The molecule has 0 atom stereocenters. The number of hydrogen-bond acceptors (Lipinski definition) is 1. The van der Waals surface area contributed by atoms with Crippen molar-refractivity contribution < 1.29 is 13.2 Å². The lowest BCUT2D eigenvalue weighted by Gasteiger charge is -2.15. The second-order valence-corrected chi connectivity index (χ2v) is 3.78. The number of rotatable bonds is 1. The molecule has 0 bridgehead atoms. The highest BCUT2D eigenvalue weighted by molar-refractivity contribution is 5.21. The molecule has 1 aromatic rings. The maximum atomic E-state index is 12.6. The van der Waals surface area contributed by atoms with Crippen molar-refractivity contribution in [3.63, 3.8) is 0 Å². The Labute approximate surface area is 114 Å². The molecule has 0 saturated carbocycles. The zero-order valence-electron chi connectivity index (χ0n) is 12.6. The Morgan fingerprint density at radius 3 is 2.16 bits per heavy atom. The van der Waals surface area contributed by atoms with Crippen molar-refractivity contribution in [2.75, 3.05) is 0 Å². The monoisotopic (exact) mass is 278 g/mol. The summed E-state index contributed by atoms with van der Waals surface area (Å²) in [5.74, 6) is 0.602. The molecular weight excluding hydrogens is 253 g/mol. The normalized spacial score (nSPS) is 13.7. The molecule has 2 nitrogen and oxygen atoms in total. The highest BCUT2D eigenvalue weighted by atomic mass is 19.4. The van der Waals surface area contributed by atoms with Gasteiger partial charge in [-0.2, -0.15) is 13.2 Å². The average Bonchev–Trinajstić information content (AvgIpc) is 2.82. The third-order valence-electron chi connectivity index (χ3n) is 2.79. The standard InChI is InChI=1S/C10H13F3N2.2C2H6/c1-2-7-9(10(11,12)13)14-8-5-3-4-6-15(7)8;2*1-2/h2-6H2,1H3;2*1-2H3. The number of aryl methyl sites for hydroxylation is 1. The molecule has 0 aromatic carbocycles. The number of aromatic nitrogens is 2. The van der Waals surface area contributed by atoms with Crippen LogP contribution in [0.15, 0.2) is 0 Å². The highest BCUT2D eigenvalue weighted by Gasteiger charge is 2.38. The summed E-state index contributed by atoms with van der Waals surface area (Å²) in [5, 5.41) is 0. The van der Waals surface area contributed by atoms with E-state index < -0.39 is 11.9 Å². The summed E-state index contributed by atoms with van der Waals surface area (Å²) < 4.78 is 39.7. The molecule has 0 amide bonds. The van der Waals surface area contributed by atoms with Crippen LogP contribution in [0.3, 0.4) is 0 Å². The molecule has 0 spiro atoms. The van der Waals surface area contributed by atoms with Crippen molar-refractivity contribution in [3.8, 4) is 0 Å². The van der Waals surface area contributed by atoms with Gasteiger partial charge in [-0.05, 0) is 19.3 Å². The van der Waals surface area contributed by atoms with Gasteiger partial charge in [-0.15, -0.1) is 0 Å². The van der Waals surface area contributed by atoms with Gasteiger partial charge < -0.3 is 4.57 Å². The van der Waals surface area contributed by atoms with Gasteiger partial charge in [0.25, 0.3) is 0 Å². The summed E-state index contributed by atoms with van der Waals surface area (Å²) in [7, 11) is 0. The largest absolute Gasteiger partial charge is 0.435 e. The van der Waals surface area contributed by atoms with Gasteiger partial charge in [-0.3, -0.25) is 0 Å². The summed E-state index contributed by atoms with van der Waals surface area (Å²) in [4.78, 5) is 3.73.